The van der Waals surface area contributed by atoms with E-state index < -0.39 is 0 Å². The summed E-state index contributed by atoms with van der Waals surface area (Å²) in [7, 11) is 0. The fourth-order valence-corrected chi connectivity index (χ4v) is 0.647. The largest absolute Gasteiger partial charge is 0.303 e. The Bertz CT molecular complexity index is 86.1. The predicted octanol–water partition coefficient (Wildman–Crippen LogP) is 1.35. The van der Waals surface area contributed by atoms with Gasteiger partial charge in [-0.3, -0.25) is 0 Å². The van der Waals surface area contributed by atoms with Gasteiger partial charge in [0.2, 0.25) is 0 Å². The topological polar surface area (TPSA) is 17.1 Å². The van der Waals surface area contributed by atoms with Gasteiger partial charge in [-0.25, -0.2) is 0 Å². The fraction of sp³-hybridized carbons (Fsp3) is 0.800. The summed E-state index contributed by atoms with van der Waals surface area (Å²) in [6.07, 6.45) is 3.47. The van der Waals surface area contributed by atoms with E-state index in [-0.39, 0.29) is 4.87 Å². The molecule has 0 bridgehead atoms. The molecule has 0 aromatic carbocycles. The summed E-state index contributed by atoms with van der Waals surface area (Å²) in [4.78, 5) is 9.68. The van der Waals surface area contributed by atoms with E-state index in [2.05, 4.69) is 0 Å². The van der Waals surface area contributed by atoms with Gasteiger partial charge in [-0.05, 0) is 12.8 Å². The third kappa shape index (κ3) is 1.16. The van der Waals surface area contributed by atoms with E-state index in [0.29, 0.717) is 6.42 Å². The molecular formula is C5H7ClO. The first kappa shape index (κ1) is 5.10. The van der Waals surface area contributed by atoms with E-state index in [0.717, 1.165) is 19.1 Å². The minimum Gasteiger partial charge on any atom is -0.303 e. The van der Waals surface area contributed by atoms with Crippen LogP contribution >= 0.6 is 11.6 Å². The van der Waals surface area contributed by atoms with Gasteiger partial charge in [0, 0.05) is 6.42 Å². The van der Waals surface area contributed by atoms with E-state index in [1.165, 1.54) is 0 Å². The van der Waals surface area contributed by atoms with Gasteiger partial charge < -0.3 is 4.79 Å². The van der Waals surface area contributed by atoms with Gasteiger partial charge >= 0.3 is 0 Å². The van der Waals surface area contributed by atoms with Gasteiger partial charge in [-0.2, -0.15) is 0 Å². The zero-order valence-electron chi connectivity index (χ0n) is 3.98. The van der Waals surface area contributed by atoms with Crippen molar-refractivity contribution in [1.29, 1.82) is 0 Å². The van der Waals surface area contributed by atoms with Crippen molar-refractivity contribution in [2.45, 2.75) is 24.1 Å². The molecule has 0 atom stereocenters. The Kier molecular flexibility index (Phi) is 1.08. The lowest BCUT2D eigenvalue weighted by Crippen LogP contribution is -1.95. The van der Waals surface area contributed by atoms with Crippen LogP contribution in [0.3, 0.4) is 0 Å². The second-order valence-corrected chi connectivity index (χ2v) is 2.82. The number of aldehydes is 1. The first-order chi connectivity index (χ1) is 3.27. The summed E-state index contributed by atoms with van der Waals surface area (Å²) in [6.45, 7) is 0. The van der Waals surface area contributed by atoms with Gasteiger partial charge in [0.1, 0.15) is 6.29 Å². The van der Waals surface area contributed by atoms with Crippen molar-refractivity contribution >= 4 is 17.9 Å². The number of alkyl halides is 1. The quantitative estimate of drug-likeness (QED) is 0.395. The highest BCUT2D eigenvalue weighted by Gasteiger charge is 2.39. The van der Waals surface area contributed by atoms with Gasteiger partial charge in [0.25, 0.3) is 0 Å². The highest BCUT2D eigenvalue weighted by atomic mass is 35.5. The number of hydrogen-bond donors (Lipinski definition) is 0. The van der Waals surface area contributed by atoms with Crippen molar-refractivity contribution in [3.8, 4) is 0 Å². The minimum atomic E-state index is -0.0955. The van der Waals surface area contributed by atoms with E-state index >= 15 is 0 Å². The lowest BCUT2D eigenvalue weighted by Gasteiger charge is -1.92. The zero-order valence-corrected chi connectivity index (χ0v) is 4.74. The highest BCUT2D eigenvalue weighted by Crippen LogP contribution is 2.44. The lowest BCUT2D eigenvalue weighted by molar-refractivity contribution is -0.107. The van der Waals surface area contributed by atoms with Crippen LogP contribution in [0.1, 0.15) is 19.3 Å². The summed E-state index contributed by atoms with van der Waals surface area (Å²) < 4.78 is 0. The molecule has 7 heavy (non-hydrogen) atoms. The highest BCUT2D eigenvalue weighted by molar-refractivity contribution is 6.26. The molecule has 0 spiro atoms. The van der Waals surface area contributed by atoms with Crippen molar-refractivity contribution in [3.63, 3.8) is 0 Å². The molecule has 0 saturated heterocycles. The second-order valence-electron chi connectivity index (χ2n) is 2.02. The maximum absolute atomic E-state index is 9.78. The Labute approximate surface area is 47.7 Å². The average Bonchev–Trinajstić information content (AvgIpc) is 2.22. The van der Waals surface area contributed by atoms with E-state index in [4.69, 9.17) is 11.6 Å². The molecule has 1 fully saturated rings. The Hall–Kier alpha value is -0.0400. The molecular weight excluding hydrogens is 112 g/mol. The van der Waals surface area contributed by atoms with Crippen LogP contribution in [0.15, 0.2) is 0 Å². The molecule has 0 aliphatic heterocycles. The van der Waals surface area contributed by atoms with Crippen molar-refractivity contribution in [2.75, 3.05) is 0 Å². The zero-order chi connectivity index (χ0) is 5.33. The number of hydrogen-bond acceptors (Lipinski definition) is 1. The van der Waals surface area contributed by atoms with Crippen LogP contribution in [0.5, 0.6) is 0 Å². The third-order valence-corrected chi connectivity index (χ3v) is 1.77. The standard InChI is InChI=1S/C5H7ClO/c6-5(1-2-5)3-4-7/h4H,1-3H2. The molecule has 1 nitrogen and oxygen atoms in total. The Morgan fingerprint density at radius 2 is 2.29 bits per heavy atom. The molecule has 0 aromatic heterocycles. The van der Waals surface area contributed by atoms with Crippen LogP contribution in [0.2, 0.25) is 0 Å². The maximum Gasteiger partial charge on any atom is 0.121 e. The first-order valence-electron chi connectivity index (χ1n) is 2.39. The summed E-state index contributed by atoms with van der Waals surface area (Å²) in [5, 5.41) is 0. The number of carbonyl (C=O) groups excluding carboxylic acids is 1. The molecule has 1 rings (SSSR count). The first-order valence-corrected chi connectivity index (χ1v) is 2.77. The molecule has 1 aliphatic carbocycles. The van der Waals surface area contributed by atoms with E-state index in [1.807, 2.05) is 0 Å². The average molecular weight is 119 g/mol. The molecule has 0 heterocycles. The van der Waals surface area contributed by atoms with Crippen molar-refractivity contribution < 1.29 is 4.79 Å². The molecule has 0 unspecified atom stereocenters. The van der Waals surface area contributed by atoms with Crippen molar-refractivity contribution in [1.82, 2.24) is 0 Å². The van der Waals surface area contributed by atoms with Crippen LogP contribution in [-0.2, 0) is 4.79 Å². The molecule has 0 aromatic rings. The summed E-state index contributed by atoms with van der Waals surface area (Å²) in [5.74, 6) is 0. The molecule has 1 saturated carbocycles. The third-order valence-electron chi connectivity index (χ3n) is 1.24. The van der Waals surface area contributed by atoms with Gasteiger partial charge in [0.15, 0.2) is 0 Å². The lowest BCUT2D eigenvalue weighted by atomic mass is 10.3. The number of halogens is 1. The molecule has 1 aliphatic rings. The summed E-state index contributed by atoms with van der Waals surface area (Å²) >= 11 is 5.71. The van der Waals surface area contributed by atoms with Crippen molar-refractivity contribution in [3.05, 3.63) is 0 Å². The summed E-state index contributed by atoms with van der Waals surface area (Å²) in [5.41, 5.74) is 0. The van der Waals surface area contributed by atoms with Gasteiger partial charge in [0.05, 0.1) is 4.87 Å². The van der Waals surface area contributed by atoms with Crippen LogP contribution in [0.25, 0.3) is 0 Å². The normalized spacial score (nSPS) is 24.1. The smallest absolute Gasteiger partial charge is 0.121 e. The minimum absolute atomic E-state index is 0.0955. The Morgan fingerprint density at radius 1 is 1.71 bits per heavy atom. The second kappa shape index (κ2) is 1.48. The van der Waals surface area contributed by atoms with Crippen LogP contribution in [-0.4, -0.2) is 11.2 Å². The van der Waals surface area contributed by atoms with E-state index in [1.54, 1.807) is 0 Å². The van der Waals surface area contributed by atoms with E-state index in [9.17, 15) is 4.79 Å². The van der Waals surface area contributed by atoms with Crippen molar-refractivity contribution in [2.24, 2.45) is 0 Å². The predicted molar refractivity (Wildman–Crippen MR) is 28.5 cm³/mol. The molecule has 0 amide bonds. The molecule has 2 heteroatoms. The Morgan fingerprint density at radius 3 is 2.43 bits per heavy atom. The number of carbonyl (C=O) groups is 1. The Balaban J connectivity index is 2.25. The van der Waals surface area contributed by atoms with Gasteiger partial charge in [-0.1, -0.05) is 0 Å². The van der Waals surface area contributed by atoms with Crippen LogP contribution in [0.4, 0.5) is 0 Å². The molecule has 0 radical (unpaired) electrons. The number of rotatable bonds is 2. The fourth-order valence-electron chi connectivity index (χ4n) is 0.489. The monoisotopic (exact) mass is 118 g/mol. The van der Waals surface area contributed by atoms with Gasteiger partial charge in [-0.15, -0.1) is 11.6 Å². The van der Waals surface area contributed by atoms with Crippen LogP contribution in [0, 0.1) is 0 Å². The SMILES string of the molecule is O=CCC1(Cl)CC1. The van der Waals surface area contributed by atoms with Crippen LogP contribution < -0.4 is 0 Å². The molecule has 40 valence electrons. The molecule has 0 N–H and O–H groups in total. The summed E-state index contributed by atoms with van der Waals surface area (Å²) in [6, 6.07) is 0. The maximum atomic E-state index is 9.78.